The number of likely N-dealkylation sites (tertiary alicyclic amines) is 1. The zero-order chi connectivity index (χ0) is 26.5. The fourth-order valence-corrected chi connectivity index (χ4v) is 5.37. The van der Waals surface area contributed by atoms with Gasteiger partial charge in [0, 0.05) is 45.3 Å². The third-order valence-electron chi connectivity index (χ3n) is 7.61. The molecule has 1 unspecified atom stereocenters. The summed E-state index contributed by atoms with van der Waals surface area (Å²) in [6, 6.07) is 28.8. The van der Waals surface area contributed by atoms with Crippen LogP contribution in [0.25, 0.3) is 11.0 Å². The van der Waals surface area contributed by atoms with Crippen LogP contribution >= 0.6 is 0 Å². The van der Waals surface area contributed by atoms with E-state index in [2.05, 4.69) is 60.4 Å². The molecule has 7 heteroatoms. The molecule has 1 fully saturated rings. The van der Waals surface area contributed by atoms with Crippen molar-refractivity contribution in [3.05, 3.63) is 107 Å². The highest BCUT2D eigenvalue weighted by Gasteiger charge is 2.28. The molecule has 7 nitrogen and oxygen atoms in total. The molecular weight excluding hydrogens is 476 g/mol. The number of aryl methyl sites for hydroxylation is 1. The second-order valence-electron chi connectivity index (χ2n) is 10.2. The minimum atomic E-state index is -0.278. The largest absolute Gasteiger partial charge is 0.448 e. The van der Waals surface area contributed by atoms with Crippen LogP contribution in [0, 0.1) is 0 Å². The van der Waals surface area contributed by atoms with E-state index in [1.165, 1.54) is 11.1 Å². The van der Waals surface area contributed by atoms with E-state index < -0.39 is 0 Å². The maximum absolute atomic E-state index is 13.0. The summed E-state index contributed by atoms with van der Waals surface area (Å²) in [4.78, 5) is 30.0. The smallest absolute Gasteiger partial charge is 0.409 e. The number of rotatable bonds is 8. The van der Waals surface area contributed by atoms with Crippen LogP contribution < -0.4 is 5.69 Å². The molecule has 198 valence electrons. The zero-order valence-corrected chi connectivity index (χ0v) is 22.2. The molecule has 0 saturated carbocycles. The molecule has 0 N–H and O–H groups in total. The first-order valence-electron chi connectivity index (χ1n) is 13.4. The normalized spacial score (nSPS) is 15.2. The summed E-state index contributed by atoms with van der Waals surface area (Å²) in [7, 11) is 1.81. The first-order valence-corrected chi connectivity index (χ1v) is 13.4. The van der Waals surface area contributed by atoms with Gasteiger partial charge in [-0.1, -0.05) is 72.8 Å². The van der Waals surface area contributed by atoms with Crippen LogP contribution in [0.2, 0.25) is 0 Å². The zero-order valence-electron chi connectivity index (χ0n) is 22.2. The molecule has 38 heavy (non-hydrogen) atoms. The molecule has 1 atom stereocenters. The average molecular weight is 513 g/mol. The van der Waals surface area contributed by atoms with Crippen LogP contribution in [0.4, 0.5) is 4.79 Å². The van der Waals surface area contributed by atoms with E-state index in [1.54, 1.807) is 9.47 Å². The quantitative estimate of drug-likeness (QED) is 0.325. The molecule has 4 aromatic rings. The van der Waals surface area contributed by atoms with Gasteiger partial charge in [0.15, 0.2) is 0 Å². The molecule has 0 aliphatic carbocycles. The lowest BCUT2D eigenvalue weighted by molar-refractivity contribution is 0.0567. The molecule has 3 aromatic carbocycles. The van der Waals surface area contributed by atoms with Crippen molar-refractivity contribution in [2.75, 3.05) is 19.7 Å². The third-order valence-corrected chi connectivity index (χ3v) is 7.61. The number of fused-ring (bicyclic) bond motifs is 1. The van der Waals surface area contributed by atoms with Crippen molar-refractivity contribution in [1.29, 1.82) is 0 Å². The first-order chi connectivity index (χ1) is 18.5. The Bertz CT molecular complexity index is 1360. The van der Waals surface area contributed by atoms with Crippen molar-refractivity contribution in [1.82, 2.24) is 18.9 Å². The highest BCUT2D eigenvalue weighted by atomic mass is 16.6. The SMILES string of the molecule is CC(COC(=O)N1CCC(n2c(=O)n(C)c3ccccc32)CC1)N(Cc1ccccc1)Cc1ccccc1. The number of para-hydroxylation sites is 2. The Morgan fingerprint density at radius 2 is 1.39 bits per heavy atom. The molecular formula is C31H36N4O3. The van der Waals surface area contributed by atoms with Crippen molar-refractivity contribution in [3.63, 3.8) is 0 Å². The van der Waals surface area contributed by atoms with Crippen LogP contribution in [0.5, 0.6) is 0 Å². The number of carbonyl (C=O) groups excluding carboxylic acids is 1. The molecule has 1 saturated heterocycles. The van der Waals surface area contributed by atoms with Gasteiger partial charge in [0.2, 0.25) is 0 Å². The molecule has 2 heterocycles. The summed E-state index contributed by atoms with van der Waals surface area (Å²) < 4.78 is 9.41. The summed E-state index contributed by atoms with van der Waals surface area (Å²) in [5, 5.41) is 0. The second-order valence-corrected chi connectivity index (χ2v) is 10.2. The minimum Gasteiger partial charge on any atom is -0.448 e. The van der Waals surface area contributed by atoms with E-state index in [-0.39, 0.29) is 23.9 Å². The number of aromatic nitrogens is 2. The number of carbonyl (C=O) groups is 1. The molecule has 1 aromatic heterocycles. The Morgan fingerprint density at radius 3 is 1.97 bits per heavy atom. The fourth-order valence-electron chi connectivity index (χ4n) is 5.37. The van der Waals surface area contributed by atoms with E-state index in [0.717, 1.165) is 37.0 Å². The third kappa shape index (κ3) is 5.68. The van der Waals surface area contributed by atoms with Crippen LogP contribution in [-0.4, -0.2) is 50.8 Å². The number of amides is 1. The van der Waals surface area contributed by atoms with Crippen LogP contribution in [0.1, 0.15) is 36.9 Å². The number of nitrogens with zero attached hydrogens (tertiary/aromatic N) is 4. The summed E-state index contributed by atoms with van der Waals surface area (Å²) in [5.74, 6) is 0. The number of hydrogen-bond donors (Lipinski definition) is 0. The molecule has 0 bridgehead atoms. The molecule has 1 amide bonds. The molecule has 1 aliphatic heterocycles. The fraction of sp³-hybridized carbons (Fsp3) is 0.355. The van der Waals surface area contributed by atoms with E-state index in [1.807, 2.05) is 48.0 Å². The van der Waals surface area contributed by atoms with E-state index in [4.69, 9.17) is 4.74 Å². The summed E-state index contributed by atoms with van der Waals surface area (Å²) >= 11 is 0. The summed E-state index contributed by atoms with van der Waals surface area (Å²) in [6.07, 6.45) is 1.18. The Balaban J connectivity index is 1.18. The Morgan fingerprint density at radius 1 is 0.868 bits per heavy atom. The molecule has 5 rings (SSSR count). The predicted molar refractivity (Wildman–Crippen MR) is 150 cm³/mol. The molecule has 0 radical (unpaired) electrons. The average Bonchev–Trinajstić information content (AvgIpc) is 3.22. The van der Waals surface area contributed by atoms with Crippen molar-refractivity contribution in [2.24, 2.45) is 7.05 Å². The van der Waals surface area contributed by atoms with Crippen LogP contribution in [-0.2, 0) is 24.9 Å². The van der Waals surface area contributed by atoms with Crippen molar-refractivity contribution >= 4 is 17.1 Å². The maximum Gasteiger partial charge on any atom is 0.409 e. The summed E-state index contributed by atoms with van der Waals surface area (Å²) in [6.45, 7) is 5.13. The van der Waals surface area contributed by atoms with Gasteiger partial charge < -0.3 is 9.64 Å². The van der Waals surface area contributed by atoms with Gasteiger partial charge >= 0.3 is 11.8 Å². The van der Waals surface area contributed by atoms with E-state index in [9.17, 15) is 9.59 Å². The second kappa shape index (κ2) is 11.7. The molecule has 1 aliphatic rings. The van der Waals surface area contributed by atoms with Gasteiger partial charge in [-0.15, -0.1) is 0 Å². The number of piperidine rings is 1. The number of ether oxygens (including phenoxy) is 1. The number of benzene rings is 3. The Kier molecular flexibility index (Phi) is 7.94. The monoisotopic (exact) mass is 512 g/mol. The lowest BCUT2D eigenvalue weighted by Crippen LogP contribution is -2.43. The minimum absolute atomic E-state index is 0.00188. The summed E-state index contributed by atoms with van der Waals surface area (Å²) in [5.41, 5.74) is 4.34. The van der Waals surface area contributed by atoms with Gasteiger partial charge in [-0.3, -0.25) is 14.0 Å². The van der Waals surface area contributed by atoms with Gasteiger partial charge in [0.25, 0.3) is 0 Å². The van der Waals surface area contributed by atoms with Crippen molar-refractivity contribution in [3.8, 4) is 0 Å². The highest BCUT2D eigenvalue weighted by molar-refractivity contribution is 5.76. The van der Waals surface area contributed by atoms with Crippen LogP contribution in [0.3, 0.4) is 0 Å². The van der Waals surface area contributed by atoms with Gasteiger partial charge in [-0.05, 0) is 43.0 Å². The van der Waals surface area contributed by atoms with E-state index in [0.29, 0.717) is 19.7 Å². The van der Waals surface area contributed by atoms with Gasteiger partial charge in [-0.2, -0.15) is 0 Å². The maximum atomic E-state index is 13.0. The Hall–Kier alpha value is -3.84. The lowest BCUT2D eigenvalue weighted by atomic mass is 10.0. The highest BCUT2D eigenvalue weighted by Crippen LogP contribution is 2.26. The topological polar surface area (TPSA) is 59.7 Å². The Labute approximate surface area is 223 Å². The van der Waals surface area contributed by atoms with Crippen molar-refractivity contribution < 1.29 is 9.53 Å². The van der Waals surface area contributed by atoms with E-state index >= 15 is 0 Å². The van der Waals surface area contributed by atoms with Crippen molar-refractivity contribution in [2.45, 2.75) is 44.9 Å². The standard InChI is InChI=1S/C31H36N4O3/c1-24(34(21-25-11-5-3-6-12-25)22-26-13-7-4-8-14-26)23-38-31(37)33-19-17-27(18-20-33)35-29-16-10-9-15-28(29)32(2)30(35)36/h3-16,24,27H,17-23H2,1-2H3. The van der Waals surface area contributed by atoms with Gasteiger partial charge in [0.1, 0.15) is 6.61 Å². The first kappa shape index (κ1) is 25.8. The number of imidazole rings is 1. The number of hydrogen-bond acceptors (Lipinski definition) is 4. The molecule has 0 spiro atoms. The van der Waals surface area contributed by atoms with Gasteiger partial charge in [-0.25, -0.2) is 9.59 Å². The lowest BCUT2D eigenvalue weighted by Gasteiger charge is -2.33. The van der Waals surface area contributed by atoms with Crippen LogP contribution in [0.15, 0.2) is 89.7 Å². The predicted octanol–water partition coefficient (Wildman–Crippen LogP) is 5.20. The van der Waals surface area contributed by atoms with Gasteiger partial charge in [0.05, 0.1) is 11.0 Å².